The molecule has 1 aliphatic heterocycles. The summed E-state index contributed by atoms with van der Waals surface area (Å²) in [6.45, 7) is 6.04. The van der Waals surface area contributed by atoms with Crippen LogP contribution >= 0.6 is 0 Å². The van der Waals surface area contributed by atoms with E-state index in [0.29, 0.717) is 26.2 Å². The van der Waals surface area contributed by atoms with Crippen LogP contribution in [0, 0.1) is 6.92 Å². The lowest BCUT2D eigenvalue weighted by Gasteiger charge is -2.28. The van der Waals surface area contributed by atoms with E-state index in [-0.39, 0.29) is 5.91 Å². The Bertz CT molecular complexity index is 701. The fraction of sp³-hybridized carbons (Fsp3) is 0.500. The molecular formula is C18H25N5O2. The normalized spacial score (nSPS) is 14.2. The Morgan fingerprint density at radius 2 is 2.04 bits per heavy atom. The Kier molecular flexibility index (Phi) is 5.65. The van der Waals surface area contributed by atoms with Gasteiger partial charge in [-0.25, -0.2) is 0 Å². The number of hydrogen-bond acceptors (Lipinski definition) is 5. The summed E-state index contributed by atoms with van der Waals surface area (Å²) in [5.74, 6) is 2.88. The maximum atomic E-state index is 12.4. The monoisotopic (exact) mass is 343 g/mol. The molecule has 0 aliphatic carbocycles. The number of para-hydroxylation sites is 1. The highest BCUT2D eigenvalue weighted by atomic mass is 16.5. The van der Waals surface area contributed by atoms with Gasteiger partial charge in [-0.15, -0.1) is 10.2 Å². The number of rotatable bonds is 7. The Morgan fingerprint density at radius 3 is 2.84 bits per heavy atom. The molecule has 134 valence electrons. The molecule has 7 heteroatoms. The molecule has 7 nitrogen and oxygen atoms in total. The number of ether oxygens (including phenoxy) is 1. The minimum absolute atomic E-state index is 0.129. The highest BCUT2D eigenvalue weighted by molar-refractivity contribution is 5.77. The van der Waals surface area contributed by atoms with Crippen molar-refractivity contribution < 1.29 is 9.53 Å². The molecule has 0 atom stereocenters. The molecule has 1 amide bonds. The zero-order valence-corrected chi connectivity index (χ0v) is 14.9. The number of carbonyl (C=O) groups excluding carboxylic acids is 1. The van der Waals surface area contributed by atoms with Gasteiger partial charge in [0.25, 0.3) is 0 Å². The van der Waals surface area contributed by atoms with Crippen LogP contribution in [0.2, 0.25) is 0 Å². The number of aromatic nitrogens is 3. The first-order valence-electron chi connectivity index (χ1n) is 8.66. The van der Waals surface area contributed by atoms with Crippen LogP contribution in [-0.4, -0.2) is 63.8 Å². The largest absolute Gasteiger partial charge is 0.494 e. The van der Waals surface area contributed by atoms with Crippen molar-refractivity contribution in [1.29, 1.82) is 0 Å². The highest BCUT2D eigenvalue weighted by Crippen LogP contribution is 2.12. The zero-order valence-electron chi connectivity index (χ0n) is 14.9. The van der Waals surface area contributed by atoms with E-state index < -0.39 is 0 Å². The Labute approximate surface area is 148 Å². The second kappa shape index (κ2) is 8.11. The lowest BCUT2D eigenvalue weighted by Crippen LogP contribution is -2.42. The van der Waals surface area contributed by atoms with Crippen LogP contribution in [-0.2, 0) is 17.9 Å². The lowest BCUT2D eigenvalue weighted by molar-refractivity contribution is -0.131. The van der Waals surface area contributed by atoms with E-state index in [4.69, 9.17) is 4.74 Å². The number of nitrogens with zero attached hydrogens (tertiary/aromatic N) is 5. The maximum Gasteiger partial charge on any atom is 0.236 e. The number of benzene rings is 1. The smallest absolute Gasteiger partial charge is 0.236 e. The van der Waals surface area contributed by atoms with Crippen molar-refractivity contribution in [2.45, 2.75) is 26.4 Å². The van der Waals surface area contributed by atoms with Crippen LogP contribution < -0.4 is 4.74 Å². The first-order valence-corrected chi connectivity index (χ1v) is 8.66. The van der Waals surface area contributed by atoms with Crippen LogP contribution in [0.1, 0.15) is 18.1 Å². The summed E-state index contributed by atoms with van der Waals surface area (Å²) < 4.78 is 7.78. The van der Waals surface area contributed by atoms with E-state index in [2.05, 4.69) is 19.7 Å². The topological polar surface area (TPSA) is 63.5 Å². The molecule has 0 unspecified atom stereocenters. The van der Waals surface area contributed by atoms with Crippen molar-refractivity contribution in [2.75, 3.05) is 33.3 Å². The summed E-state index contributed by atoms with van der Waals surface area (Å²) in [7, 11) is 1.85. The predicted octanol–water partition coefficient (Wildman–Crippen LogP) is 1.33. The Hall–Kier alpha value is -2.41. The highest BCUT2D eigenvalue weighted by Gasteiger charge is 2.22. The fourth-order valence-corrected chi connectivity index (χ4v) is 2.93. The third-order valence-electron chi connectivity index (χ3n) is 4.45. The van der Waals surface area contributed by atoms with Crippen molar-refractivity contribution in [2.24, 2.45) is 0 Å². The van der Waals surface area contributed by atoms with E-state index >= 15 is 0 Å². The molecule has 1 aromatic heterocycles. The molecule has 2 heterocycles. The second-order valence-electron chi connectivity index (χ2n) is 6.36. The van der Waals surface area contributed by atoms with Gasteiger partial charge in [0.1, 0.15) is 17.4 Å². The summed E-state index contributed by atoms with van der Waals surface area (Å²) >= 11 is 0. The lowest BCUT2D eigenvalue weighted by atomic mass is 10.3. The summed E-state index contributed by atoms with van der Waals surface area (Å²) in [6, 6.07) is 9.73. The first kappa shape index (κ1) is 17.4. The van der Waals surface area contributed by atoms with Gasteiger partial charge in [0, 0.05) is 26.7 Å². The Morgan fingerprint density at radius 1 is 1.24 bits per heavy atom. The van der Waals surface area contributed by atoms with Crippen LogP contribution in [0.5, 0.6) is 5.75 Å². The molecular weight excluding hydrogens is 318 g/mol. The van der Waals surface area contributed by atoms with E-state index in [1.807, 2.05) is 44.3 Å². The third-order valence-corrected chi connectivity index (χ3v) is 4.45. The third kappa shape index (κ3) is 4.57. The molecule has 1 aromatic carbocycles. The van der Waals surface area contributed by atoms with E-state index in [1.165, 1.54) is 0 Å². The molecule has 0 saturated carbocycles. The minimum atomic E-state index is 0.129. The van der Waals surface area contributed by atoms with Crippen LogP contribution in [0.25, 0.3) is 0 Å². The first-order chi connectivity index (χ1) is 12.1. The SMILES string of the molecule is Cc1nnc2n1CCN(CC(=O)N(C)CCCOc1ccccc1)C2. The standard InChI is InChI=1S/C18H25N5O2/c1-15-19-20-17-13-22(10-11-23(15)17)14-18(24)21(2)9-6-12-25-16-7-4-3-5-8-16/h3-5,7-8H,6,9-14H2,1-2H3. The molecule has 0 radical (unpaired) electrons. The number of likely N-dealkylation sites (N-methyl/N-ethyl adjacent to an activating group) is 1. The molecule has 1 aliphatic rings. The molecule has 0 spiro atoms. The summed E-state index contributed by atoms with van der Waals surface area (Å²) in [5, 5.41) is 8.28. The molecule has 0 bridgehead atoms. The van der Waals surface area contributed by atoms with Gasteiger partial charge in [-0.3, -0.25) is 9.69 Å². The van der Waals surface area contributed by atoms with E-state index in [0.717, 1.165) is 36.9 Å². The summed E-state index contributed by atoms with van der Waals surface area (Å²) in [6.07, 6.45) is 0.810. The molecule has 25 heavy (non-hydrogen) atoms. The van der Waals surface area contributed by atoms with E-state index in [9.17, 15) is 4.79 Å². The quantitative estimate of drug-likeness (QED) is 0.710. The van der Waals surface area contributed by atoms with Crippen LogP contribution in [0.3, 0.4) is 0 Å². The maximum absolute atomic E-state index is 12.4. The van der Waals surface area contributed by atoms with Gasteiger partial charge in [0.15, 0.2) is 0 Å². The number of amides is 1. The minimum Gasteiger partial charge on any atom is -0.494 e. The molecule has 0 saturated heterocycles. The van der Waals surface area contributed by atoms with Gasteiger partial charge in [-0.05, 0) is 25.5 Å². The van der Waals surface area contributed by atoms with Gasteiger partial charge >= 0.3 is 0 Å². The summed E-state index contributed by atoms with van der Waals surface area (Å²) in [4.78, 5) is 16.3. The van der Waals surface area contributed by atoms with E-state index in [1.54, 1.807) is 4.90 Å². The number of aryl methyl sites for hydroxylation is 1. The van der Waals surface area contributed by atoms with Gasteiger partial charge in [0.05, 0.1) is 19.7 Å². The molecule has 0 N–H and O–H groups in total. The zero-order chi connectivity index (χ0) is 17.6. The Balaban J connectivity index is 1.38. The van der Waals surface area contributed by atoms with Gasteiger partial charge in [-0.2, -0.15) is 0 Å². The molecule has 2 aromatic rings. The van der Waals surface area contributed by atoms with Crippen molar-refractivity contribution in [3.8, 4) is 5.75 Å². The molecule has 3 rings (SSSR count). The van der Waals surface area contributed by atoms with Crippen molar-refractivity contribution in [3.05, 3.63) is 42.0 Å². The number of fused-ring (bicyclic) bond motifs is 1. The van der Waals surface area contributed by atoms with Crippen molar-refractivity contribution in [3.63, 3.8) is 0 Å². The average Bonchev–Trinajstić information content (AvgIpc) is 3.00. The molecule has 0 fully saturated rings. The second-order valence-corrected chi connectivity index (χ2v) is 6.36. The number of hydrogen-bond donors (Lipinski definition) is 0. The average molecular weight is 343 g/mol. The fourth-order valence-electron chi connectivity index (χ4n) is 2.93. The van der Waals surface area contributed by atoms with Crippen molar-refractivity contribution >= 4 is 5.91 Å². The van der Waals surface area contributed by atoms with Crippen LogP contribution in [0.15, 0.2) is 30.3 Å². The van der Waals surface area contributed by atoms with Crippen molar-refractivity contribution in [1.82, 2.24) is 24.6 Å². The van der Waals surface area contributed by atoms with Gasteiger partial charge < -0.3 is 14.2 Å². The van der Waals surface area contributed by atoms with Crippen LogP contribution in [0.4, 0.5) is 0 Å². The predicted molar refractivity (Wildman–Crippen MR) is 94.2 cm³/mol. The van der Waals surface area contributed by atoms with Gasteiger partial charge in [0.2, 0.25) is 5.91 Å². The van der Waals surface area contributed by atoms with Gasteiger partial charge in [-0.1, -0.05) is 18.2 Å². The number of carbonyl (C=O) groups is 1. The summed E-state index contributed by atoms with van der Waals surface area (Å²) in [5.41, 5.74) is 0.